The van der Waals surface area contributed by atoms with E-state index in [1.54, 1.807) is 30.0 Å². The van der Waals surface area contributed by atoms with Crippen LogP contribution in [0.25, 0.3) is 10.8 Å². The highest BCUT2D eigenvalue weighted by molar-refractivity contribution is 7.98. The molecule has 0 spiro atoms. The minimum Gasteiger partial charge on any atom is -0.326 e. The third-order valence-corrected chi connectivity index (χ3v) is 6.25. The van der Waals surface area contributed by atoms with Gasteiger partial charge in [-0.3, -0.25) is 4.79 Å². The van der Waals surface area contributed by atoms with Crippen LogP contribution in [-0.2, 0) is 14.8 Å². The largest absolute Gasteiger partial charge is 0.326 e. The van der Waals surface area contributed by atoms with Crippen LogP contribution in [0.2, 0.25) is 0 Å². The lowest BCUT2D eigenvalue weighted by atomic mass is 10.1. The Morgan fingerprint density at radius 3 is 2.37 bits per heavy atom. The van der Waals surface area contributed by atoms with Gasteiger partial charge in [-0.15, -0.1) is 11.8 Å². The van der Waals surface area contributed by atoms with E-state index in [0.29, 0.717) is 5.69 Å². The summed E-state index contributed by atoms with van der Waals surface area (Å²) < 4.78 is 27.4. The number of thioether (sulfide) groups is 1. The maximum Gasteiger partial charge on any atom is 0.240 e. The van der Waals surface area contributed by atoms with Crippen molar-refractivity contribution in [2.75, 3.05) is 18.1 Å². The number of sulfonamides is 1. The van der Waals surface area contributed by atoms with Gasteiger partial charge in [0.2, 0.25) is 15.9 Å². The van der Waals surface area contributed by atoms with E-state index in [-0.39, 0.29) is 23.8 Å². The van der Waals surface area contributed by atoms with E-state index in [1.165, 1.54) is 0 Å². The van der Waals surface area contributed by atoms with Gasteiger partial charge < -0.3 is 5.32 Å². The van der Waals surface area contributed by atoms with E-state index in [9.17, 15) is 13.2 Å². The molecule has 2 N–H and O–H groups in total. The Bertz CT molecular complexity index is 1050. The molecule has 0 saturated carbocycles. The zero-order valence-electron chi connectivity index (χ0n) is 14.8. The van der Waals surface area contributed by atoms with Crippen molar-refractivity contribution in [3.63, 3.8) is 0 Å². The van der Waals surface area contributed by atoms with Crippen molar-refractivity contribution in [2.24, 2.45) is 0 Å². The third-order valence-electron chi connectivity index (χ3n) is 4.05. The molecule has 0 aliphatic heterocycles. The van der Waals surface area contributed by atoms with Crippen LogP contribution in [0.3, 0.4) is 0 Å². The van der Waals surface area contributed by atoms with Crippen LogP contribution in [0.5, 0.6) is 0 Å². The molecule has 5 nitrogen and oxygen atoms in total. The molecular weight excluding hydrogens is 380 g/mol. The maximum atomic E-state index is 12.4. The Balaban J connectivity index is 1.56. The van der Waals surface area contributed by atoms with E-state index in [0.717, 1.165) is 15.7 Å². The lowest BCUT2D eigenvalue weighted by molar-refractivity contribution is -0.116. The van der Waals surface area contributed by atoms with Crippen molar-refractivity contribution in [3.8, 4) is 0 Å². The van der Waals surface area contributed by atoms with Crippen LogP contribution in [0.4, 0.5) is 5.69 Å². The molecule has 1 amide bonds. The lowest BCUT2D eigenvalue weighted by Gasteiger charge is -2.09. The van der Waals surface area contributed by atoms with Gasteiger partial charge in [0.15, 0.2) is 0 Å². The average molecular weight is 401 g/mol. The predicted octanol–water partition coefficient (Wildman–Crippen LogP) is 3.87. The summed E-state index contributed by atoms with van der Waals surface area (Å²) in [5.74, 6) is -0.242. The molecule has 0 fully saturated rings. The molecule has 3 aromatic carbocycles. The number of carbonyl (C=O) groups is 1. The van der Waals surface area contributed by atoms with Crippen LogP contribution in [0.15, 0.2) is 76.5 Å². The highest BCUT2D eigenvalue weighted by Crippen LogP contribution is 2.19. The summed E-state index contributed by atoms with van der Waals surface area (Å²) >= 11 is 1.62. The summed E-state index contributed by atoms with van der Waals surface area (Å²) in [6, 6.07) is 20.0. The Kier molecular flexibility index (Phi) is 6.15. The first-order chi connectivity index (χ1) is 13.0. The summed E-state index contributed by atoms with van der Waals surface area (Å²) in [4.78, 5) is 13.3. The van der Waals surface area contributed by atoms with Gasteiger partial charge in [-0.1, -0.05) is 30.3 Å². The van der Waals surface area contributed by atoms with Gasteiger partial charge >= 0.3 is 0 Å². The minimum atomic E-state index is -3.66. The van der Waals surface area contributed by atoms with Crippen LogP contribution in [0.1, 0.15) is 6.42 Å². The summed E-state index contributed by atoms with van der Waals surface area (Å²) in [5.41, 5.74) is 0.690. The Morgan fingerprint density at radius 2 is 1.67 bits per heavy atom. The number of nitrogens with one attached hydrogen (secondary N) is 2. The second kappa shape index (κ2) is 8.56. The Hall–Kier alpha value is -2.35. The smallest absolute Gasteiger partial charge is 0.240 e. The number of amides is 1. The molecule has 0 aliphatic carbocycles. The van der Waals surface area contributed by atoms with Crippen LogP contribution in [-0.4, -0.2) is 27.1 Å². The van der Waals surface area contributed by atoms with Crippen LogP contribution in [0, 0.1) is 0 Å². The second-order valence-corrected chi connectivity index (χ2v) is 8.58. The fourth-order valence-electron chi connectivity index (χ4n) is 2.61. The molecule has 3 rings (SSSR count). The monoisotopic (exact) mass is 400 g/mol. The fourth-order valence-corrected chi connectivity index (χ4v) is 4.09. The summed E-state index contributed by atoms with van der Waals surface area (Å²) in [6.45, 7) is 0.0316. The third kappa shape index (κ3) is 5.09. The first kappa shape index (κ1) is 19.4. The van der Waals surface area contributed by atoms with Crippen molar-refractivity contribution < 1.29 is 13.2 Å². The van der Waals surface area contributed by atoms with Gasteiger partial charge in [0, 0.05) is 23.5 Å². The van der Waals surface area contributed by atoms with Gasteiger partial charge in [-0.2, -0.15) is 0 Å². The average Bonchev–Trinajstić information content (AvgIpc) is 2.68. The molecule has 0 saturated heterocycles. The Labute approximate surface area is 163 Å². The predicted molar refractivity (Wildman–Crippen MR) is 111 cm³/mol. The summed E-state index contributed by atoms with van der Waals surface area (Å²) in [6.07, 6.45) is 2.03. The van der Waals surface area contributed by atoms with Crippen molar-refractivity contribution >= 4 is 44.2 Å². The van der Waals surface area contributed by atoms with E-state index in [1.807, 2.05) is 54.8 Å². The fraction of sp³-hybridized carbons (Fsp3) is 0.150. The SMILES string of the molecule is CSc1ccc(NC(=O)CCNS(=O)(=O)c2ccc3ccccc3c2)cc1. The molecular formula is C20H20N2O3S2. The first-order valence-corrected chi connectivity index (χ1v) is 11.1. The number of rotatable bonds is 7. The van der Waals surface area contributed by atoms with Crippen molar-refractivity contribution in [1.82, 2.24) is 4.72 Å². The van der Waals surface area contributed by atoms with Gasteiger partial charge in [0.05, 0.1) is 4.90 Å². The standard InChI is InChI=1S/C20H20N2O3S2/c1-26-18-9-7-17(8-10-18)22-20(23)12-13-21-27(24,25)19-11-6-15-4-2-3-5-16(15)14-19/h2-11,14,21H,12-13H2,1H3,(H,22,23). The summed E-state index contributed by atoms with van der Waals surface area (Å²) in [5, 5.41) is 4.59. The lowest BCUT2D eigenvalue weighted by Crippen LogP contribution is -2.27. The van der Waals surface area contributed by atoms with Gasteiger partial charge in [0.25, 0.3) is 0 Å². The van der Waals surface area contributed by atoms with E-state index in [2.05, 4.69) is 10.0 Å². The normalized spacial score (nSPS) is 11.4. The molecule has 0 atom stereocenters. The molecule has 3 aromatic rings. The molecule has 140 valence electrons. The van der Waals surface area contributed by atoms with Gasteiger partial charge in [0.1, 0.15) is 0 Å². The van der Waals surface area contributed by atoms with Gasteiger partial charge in [-0.05, 0) is 53.4 Å². The highest BCUT2D eigenvalue weighted by Gasteiger charge is 2.14. The number of carbonyl (C=O) groups excluding carboxylic acids is 1. The number of anilines is 1. The van der Waals surface area contributed by atoms with Crippen molar-refractivity contribution in [1.29, 1.82) is 0 Å². The van der Waals surface area contributed by atoms with Gasteiger partial charge in [-0.25, -0.2) is 13.1 Å². The molecule has 0 heterocycles. The maximum absolute atomic E-state index is 12.4. The molecule has 27 heavy (non-hydrogen) atoms. The molecule has 0 aromatic heterocycles. The summed E-state index contributed by atoms with van der Waals surface area (Å²) in [7, 11) is -3.66. The highest BCUT2D eigenvalue weighted by atomic mass is 32.2. The topological polar surface area (TPSA) is 75.3 Å². The molecule has 0 unspecified atom stereocenters. The zero-order valence-corrected chi connectivity index (χ0v) is 16.4. The number of benzene rings is 3. The number of hydrogen-bond acceptors (Lipinski definition) is 4. The molecule has 0 bridgehead atoms. The zero-order chi connectivity index (χ0) is 19.3. The number of fused-ring (bicyclic) bond motifs is 1. The minimum absolute atomic E-state index is 0.0316. The quantitative estimate of drug-likeness (QED) is 0.591. The van der Waals surface area contributed by atoms with Crippen LogP contribution >= 0.6 is 11.8 Å². The van der Waals surface area contributed by atoms with Crippen molar-refractivity contribution in [2.45, 2.75) is 16.2 Å². The second-order valence-electron chi connectivity index (χ2n) is 5.93. The van der Waals surface area contributed by atoms with E-state index < -0.39 is 10.0 Å². The molecule has 7 heteroatoms. The molecule has 0 aliphatic rings. The molecule has 0 radical (unpaired) electrons. The van der Waals surface area contributed by atoms with E-state index >= 15 is 0 Å². The van der Waals surface area contributed by atoms with E-state index in [4.69, 9.17) is 0 Å². The van der Waals surface area contributed by atoms with Crippen LogP contribution < -0.4 is 10.0 Å². The Morgan fingerprint density at radius 1 is 0.963 bits per heavy atom. The van der Waals surface area contributed by atoms with Crippen molar-refractivity contribution in [3.05, 3.63) is 66.7 Å². The number of hydrogen-bond donors (Lipinski definition) is 2. The first-order valence-electron chi connectivity index (χ1n) is 8.40.